The van der Waals surface area contributed by atoms with Crippen LogP contribution in [0.15, 0.2) is 36.4 Å². The van der Waals surface area contributed by atoms with Crippen LogP contribution in [0.5, 0.6) is 5.75 Å². The molecule has 1 N–H and O–H groups in total. The second kappa shape index (κ2) is 7.09. The van der Waals surface area contributed by atoms with Gasteiger partial charge >= 0.3 is 5.97 Å². The van der Waals surface area contributed by atoms with Gasteiger partial charge in [-0.05, 0) is 47.5 Å². The van der Waals surface area contributed by atoms with Crippen LogP contribution in [-0.4, -0.2) is 26.7 Å². The Bertz CT molecular complexity index is 624. The molecule has 0 spiro atoms. The molecule has 1 unspecified atom stereocenters. The minimum Gasteiger partial charge on any atom is -0.497 e. The van der Waals surface area contributed by atoms with Crippen LogP contribution in [-0.2, 0) is 9.53 Å². The minimum atomic E-state index is -0.429. The van der Waals surface area contributed by atoms with Gasteiger partial charge in [0.15, 0.2) is 0 Å². The minimum absolute atomic E-state index is 0.267. The maximum Gasteiger partial charge on any atom is 0.327 e. The summed E-state index contributed by atoms with van der Waals surface area (Å²) in [6.45, 7) is 2.83. The third kappa shape index (κ3) is 3.52. The lowest BCUT2D eigenvalue weighted by Crippen LogP contribution is -2.30. The second-order valence-electron chi connectivity index (χ2n) is 4.88. The van der Waals surface area contributed by atoms with E-state index in [1.54, 1.807) is 7.11 Å². The van der Waals surface area contributed by atoms with Gasteiger partial charge in [0.2, 0.25) is 0 Å². The summed E-state index contributed by atoms with van der Waals surface area (Å²) >= 11 is 0. The Labute approximate surface area is 125 Å². The third-order valence-electron chi connectivity index (χ3n) is 3.44. The molecule has 4 heteroatoms. The highest BCUT2D eigenvalue weighted by Crippen LogP contribution is 2.25. The SMILES string of the molecule is CCCNC(C(=O)OC)c1ccc2cc(OC)ccc2c1. The van der Waals surface area contributed by atoms with Crippen LogP contribution in [0, 0.1) is 0 Å². The molecule has 1 atom stereocenters. The molecule has 0 aromatic heterocycles. The van der Waals surface area contributed by atoms with E-state index in [1.165, 1.54) is 7.11 Å². The van der Waals surface area contributed by atoms with Crippen molar-refractivity contribution >= 4 is 16.7 Å². The zero-order valence-corrected chi connectivity index (χ0v) is 12.7. The Morgan fingerprint density at radius 3 is 2.52 bits per heavy atom. The van der Waals surface area contributed by atoms with E-state index in [1.807, 2.05) is 36.4 Å². The lowest BCUT2D eigenvalue weighted by atomic mass is 10.0. The fourth-order valence-corrected chi connectivity index (χ4v) is 2.29. The first-order chi connectivity index (χ1) is 10.2. The van der Waals surface area contributed by atoms with E-state index < -0.39 is 6.04 Å². The van der Waals surface area contributed by atoms with Crippen molar-refractivity contribution in [1.82, 2.24) is 5.32 Å². The smallest absolute Gasteiger partial charge is 0.327 e. The largest absolute Gasteiger partial charge is 0.497 e. The molecule has 0 aliphatic rings. The van der Waals surface area contributed by atoms with E-state index >= 15 is 0 Å². The Balaban J connectivity index is 2.36. The predicted octanol–water partition coefficient (Wildman–Crippen LogP) is 3.06. The molecule has 0 fully saturated rings. The maximum absolute atomic E-state index is 12.0. The van der Waals surface area contributed by atoms with Gasteiger partial charge in [-0.1, -0.05) is 25.1 Å². The summed E-state index contributed by atoms with van der Waals surface area (Å²) in [4.78, 5) is 12.0. The van der Waals surface area contributed by atoms with Crippen LogP contribution in [0.25, 0.3) is 10.8 Å². The number of esters is 1. The normalized spacial score (nSPS) is 12.1. The zero-order valence-electron chi connectivity index (χ0n) is 12.7. The van der Waals surface area contributed by atoms with Gasteiger partial charge in [-0.15, -0.1) is 0 Å². The Kier molecular flexibility index (Phi) is 5.17. The van der Waals surface area contributed by atoms with E-state index in [4.69, 9.17) is 9.47 Å². The van der Waals surface area contributed by atoms with Crippen molar-refractivity contribution < 1.29 is 14.3 Å². The third-order valence-corrected chi connectivity index (χ3v) is 3.44. The summed E-state index contributed by atoms with van der Waals surface area (Å²) in [6, 6.07) is 11.4. The zero-order chi connectivity index (χ0) is 15.2. The fraction of sp³-hybridized carbons (Fsp3) is 0.353. The number of ether oxygens (including phenoxy) is 2. The number of benzene rings is 2. The number of hydrogen-bond acceptors (Lipinski definition) is 4. The van der Waals surface area contributed by atoms with Gasteiger partial charge in [0, 0.05) is 0 Å². The van der Waals surface area contributed by atoms with Crippen molar-refractivity contribution in [2.45, 2.75) is 19.4 Å². The summed E-state index contributed by atoms with van der Waals surface area (Å²) in [5.74, 6) is 0.556. The van der Waals surface area contributed by atoms with Gasteiger partial charge in [-0.2, -0.15) is 0 Å². The van der Waals surface area contributed by atoms with Gasteiger partial charge in [-0.3, -0.25) is 0 Å². The Morgan fingerprint density at radius 2 is 1.86 bits per heavy atom. The summed E-state index contributed by atoms with van der Waals surface area (Å²) in [5.41, 5.74) is 0.910. The number of fused-ring (bicyclic) bond motifs is 1. The van der Waals surface area contributed by atoms with Crippen molar-refractivity contribution in [2.75, 3.05) is 20.8 Å². The first-order valence-corrected chi connectivity index (χ1v) is 7.08. The van der Waals surface area contributed by atoms with Gasteiger partial charge in [0.1, 0.15) is 11.8 Å². The molecule has 0 heterocycles. The monoisotopic (exact) mass is 287 g/mol. The van der Waals surface area contributed by atoms with E-state index in [-0.39, 0.29) is 5.97 Å². The second-order valence-corrected chi connectivity index (χ2v) is 4.88. The number of nitrogens with one attached hydrogen (secondary N) is 1. The average Bonchev–Trinajstić information content (AvgIpc) is 2.54. The number of hydrogen-bond donors (Lipinski definition) is 1. The van der Waals surface area contributed by atoms with E-state index in [9.17, 15) is 4.79 Å². The van der Waals surface area contributed by atoms with E-state index in [0.29, 0.717) is 0 Å². The van der Waals surface area contributed by atoms with Crippen molar-refractivity contribution in [3.63, 3.8) is 0 Å². The molecule has 2 rings (SSSR count). The topological polar surface area (TPSA) is 47.6 Å². The molecular weight excluding hydrogens is 266 g/mol. The summed E-state index contributed by atoms with van der Waals surface area (Å²) < 4.78 is 10.1. The molecule has 0 radical (unpaired) electrons. The lowest BCUT2D eigenvalue weighted by molar-refractivity contribution is -0.143. The molecule has 0 amide bonds. The molecule has 2 aromatic rings. The highest BCUT2D eigenvalue weighted by Gasteiger charge is 2.20. The Morgan fingerprint density at radius 1 is 1.14 bits per heavy atom. The average molecular weight is 287 g/mol. The van der Waals surface area contributed by atoms with Gasteiger partial charge < -0.3 is 14.8 Å². The van der Waals surface area contributed by atoms with Crippen LogP contribution < -0.4 is 10.1 Å². The number of carbonyl (C=O) groups is 1. The van der Waals surface area contributed by atoms with Crippen LogP contribution in [0.1, 0.15) is 24.9 Å². The standard InChI is InChI=1S/C17H21NO3/c1-4-9-18-16(17(19)21-3)14-6-5-13-11-15(20-2)8-7-12(13)10-14/h5-8,10-11,16,18H,4,9H2,1-3H3. The van der Waals surface area contributed by atoms with Crippen molar-refractivity contribution in [1.29, 1.82) is 0 Å². The van der Waals surface area contributed by atoms with Gasteiger partial charge in [0.25, 0.3) is 0 Å². The summed E-state index contributed by atoms with van der Waals surface area (Å²) in [7, 11) is 3.06. The molecule has 4 nitrogen and oxygen atoms in total. The quantitative estimate of drug-likeness (QED) is 0.830. The highest BCUT2D eigenvalue weighted by atomic mass is 16.5. The predicted molar refractivity (Wildman–Crippen MR) is 83.6 cm³/mol. The number of rotatable bonds is 6. The highest BCUT2D eigenvalue weighted by molar-refractivity contribution is 5.86. The molecule has 0 aliphatic carbocycles. The number of methoxy groups -OCH3 is 2. The van der Waals surface area contributed by atoms with Crippen molar-refractivity contribution in [2.24, 2.45) is 0 Å². The lowest BCUT2D eigenvalue weighted by Gasteiger charge is -2.17. The molecule has 21 heavy (non-hydrogen) atoms. The fourth-order valence-electron chi connectivity index (χ4n) is 2.29. The van der Waals surface area contributed by atoms with Crippen LogP contribution in [0.3, 0.4) is 0 Å². The van der Waals surface area contributed by atoms with Crippen LogP contribution in [0.2, 0.25) is 0 Å². The first-order valence-electron chi connectivity index (χ1n) is 7.08. The van der Waals surface area contributed by atoms with Gasteiger partial charge in [0.05, 0.1) is 14.2 Å². The van der Waals surface area contributed by atoms with Crippen molar-refractivity contribution in [3.8, 4) is 5.75 Å². The molecule has 0 bridgehead atoms. The molecule has 112 valence electrons. The maximum atomic E-state index is 12.0. The van der Waals surface area contributed by atoms with E-state index in [2.05, 4.69) is 12.2 Å². The van der Waals surface area contributed by atoms with Gasteiger partial charge in [-0.25, -0.2) is 4.79 Å². The summed E-state index contributed by atoms with van der Waals surface area (Å²) in [5, 5.41) is 5.38. The molecule has 0 saturated heterocycles. The first kappa shape index (κ1) is 15.3. The molecule has 0 saturated carbocycles. The van der Waals surface area contributed by atoms with Crippen LogP contribution in [0.4, 0.5) is 0 Å². The number of carbonyl (C=O) groups excluding carboxylic acids is 1. The summed E-state index contributed by atoms with van der Waals surface area (Å²) in [6.07, 6.45) is 0.957. The van der Waals surface area contributed by atoms with E-state index in [0.717, 1.165) is 35.1 Å². The molecule has 0 aliphatic heterocycles. The van der Waals surface area contributed by atoms with Crippen molar-refractivity contribution in [3.05, 3.63) is 42.0 Å². The molecular formula is C17H21NO3. The van der Waals surface area contributed by atoms with Crippen LogP contribution >= 0.6 is 0 Å². The molecule has 2 aromatic carbocycles. The Hall–Kier alpha value is -2.07.